The van der Waals surface area contributed by atoms with Crippen molar-refractivity contribution in [3.05, 3.63) is 53.3 Å². The van der Waals surface area contributed by atoms with Crippen molar-refractivity contribution in [3.63, 3.8) is 0 Å². The first-order valence-electron chi connectivity index (χ1n) is 6.43. The highest BCUT2D eigenvalue weighted by Gasteiger charge is 2.01. The van der Waals surface area contributed by atoms with E-state index in [0.29, 0.717) is 11.6 Å². The molecule has 0 saturated heterocycles. The second kappa shape index (κ2) is 6.17. The van der Waals surface area contributed by atoms with Gasteiger partial charge in [-0.25, -0.2) is 0 Å². The van der Waals surface area contributed by atoms with E-state index in [-0.39, 0.29) is 0 Å². The van der Waals surface area contributed by atoms with E-state index < -0.39 is 0 Å². The van der Waals surface area contributed by atoms with Gasteiger partial charge in [-0.1, -0.05) is 12.1 Å². The van der Waals surface area contributed by atoms with Gasteiger partial charge in [-0.2, -0.15) is 10.4 Å². The fourth-order valence-corrected chi connectivity index (χ4v) is 1.85. The van der Waals surface area contributed by atoms with Crippen LogP contribution < -0.4 is 5.32 Å². The predicted molar refractivity (Wildman–Crippen MR) is 74.3 cm³/mol. The zero-order chi connectivity index (χ0) is 13.7. The Bertz CT molecular complexity index is 578. The predicted octanol–water partition coefficient (Wildman–Crippen LogP) is 2.63. The Morgan fingerprint density at radius 1 is 1.32 bits per heavy atom. The van der Waals surface area contributed by atoms with Gasteiger partial charge in [-0.3, -0.25) is 4.68 Å². The van der Waals surface area contributed by atoms with Crippen LogP contribution in [0, 0.1) is 11.3 Å². The highest BCUT2D eigenvalue weighted by molar-refractivity contribution is 5.32. The molecule has 0 aliphatic carbocycles. The summed E-state index contributed by atoms with van der Waals surface area (Å²) in [6, 6.07) is 12.2. The first-order chi connectivity index (χ1) is 9.19. The molecule has 0 bridgehead atoms. The summed E-state index contributed by atoms with van der Waals surface area (Å²) in [6.45, 7) is 5.69. The van der Waals surface area contributed by atoms with Crippen molar-refractivity contribution in [2.75, 3.05) is 0 Å². The van der Waals surface area contributed by atoms with Crippen LogP contribution in [-0.4, -0.2) is 9.78 Å². The molecule has 0 aliphatic heterocycles. The SMILES string of the molecule is CC(C)n1ccc(CNCc2cccc(C#N)c2)n1. The number of aromatic nitrogens is 2. The molecule has 1 heterocycles. The molecule has 0 atom stereocenters. The maximum Gasteiger partial charge on any atom is 0.0991 e. The summed E-state index contributed by atoms with van der Waals surface area (Å²) >= 11 is 0. The molecule has 1 N–H and O–H groups in total. The quantitative estimate of drug-likeness (QED) is 0.892. The second-order valence-corrected chi connectivity index (χ2v) is 4.80. The van der Waals surface area contributed by atoms with Crippen LogP contribution in [0.1, 0.15) is 36.7 Å². The summed E-state index contributed by atoms with van der Waals surface area (Å²) in [6.07, 6.45) is 2.00. The third-order valence-corrected chi connectivity index (χ3v) is 2.88. The Labute approximate surface area is 113 Å². The van der Waals surface area contributed by atoms with Gasteiger partial charge in [-0.05, 0) is 37.6 Å². The molecule has 1 aromatic heterocycles. The molecule has 0 saturated carbocycles. The highest BCUT2D eigenvalue weighted by Crippen LogP contribution is 2.06. The van der Waals surface area contributed by atoms with E-state index in [4.69, 9.17) is 5.26 Å². The van der Waals surface area contributed by atoms with E-state index in [1.807, 2.05) is 41.2 Å². The number of nitriles is 1. The lowest BCUT2D eigenvalue weighted by Gasteiger charge is -2.05. The van der Waals surface area contributed by atoms with Crippen LogP contribution in [0.4, 0.5) is 0 Å². The van der Waals surface area contributed by atoms with Crippen molar-refractivity contribution in [2.45, 2.75) is 33.0 Å². The lowest BCUT2D eigenvalue weighted by Crippen LogP contribution is -2.13. The van der Waals surface area contributed by atoms with Crippen molar-refractivity contribution < 1.29 is 0 Å². The molecule has 0 unspecified atom stereocenters. The third kappa shape index (κ3) is 3.67. The van der Waals surface area contributed by atoms with E-state index >= 15 is 0 Å². The maximum absolute atomic E-state index is 8.84. The molecule has 0 amide bonds. The van der Waals surface area contributed by atoms with Gasteiger partial charge in [0.05, 0.1) is 17.3 Å². The van der Waals surface area contributed by atoms with Crippen LogP contribution in [-0.2, 0) is 13.1 Å². The Kier molecular flexibility index (Phi) is 4.32. The van der Waals surface area contributed by atoms with Gasteiger partial charge in [-0.15, -0.1) is 0 Å². The zero-order valence-electron chi connectivity index (χ0n) is 11.3. The minimum absolute atomic E-state index is 0.390. The average Bonchev–Trinajstić information content (AvgIpc) is 2.88. The van der Waals surface area contributed by atoms with E-state index in [9.17, 15) is 0 Å². The van der Waals surface area contributed by atoms with Crippen molar-refractivity contribution >= 4 is 0 Å². The van der Waals surface area contributed by atoms with E-state index in [1.165, 1.54) is 0 Å². The fraction of sp³-hybridized carbons (Fsp3) is 0.333. The molecular weight excluding hydrogens is 236 g/mol. The summed E-state index contributed by atoms with van der Waals surface area (Å²) in [4.78, 5) is 0. The van der Waals surface area contributed by atoms with Crippen LogP contribution in [0.3, 0.4) is 0 Å². The number of hydrogen-bond donors (Lipinski definition) is 1. The van der Waals surface area contributed by atoms with Gasteiger partial charge in [0.2, 0.25) is 0 Å². The standard InChI is InChI=1S/C15H18N4/c1-12(2)19-7-6-15(18-19)11-17-10-14-5-3-4-13(8-14)9-16/h3-8,12,17H,10-11H2,1-2H3. The number of rotatable bonds is 5. The zero-order valence-corrected chi connectivity index (χ0v) is 11.3. The summed E-state index contributed by atoms with van der Waals surface area (Å²) in [7, 11) is 0. The topological polar surface area (TPSA) is 53.6 Å². The maximum atomic E-state index is 8.84. The first-order valence-corrected chi connectivity index (χ1v) is 6.43. The Morgan fingerprint density at radius 2 is 2.16 bits per heavy atom. The number of nitrogens with zero attached hydrogens (tertiary/aromatic N) is 3. The van der Waals surface area contributed by atoms with Crippen molar-refractivity contribution in [2.24, 2.45) is 0 Å². The molecule has 0 radical (unpaired) electrons. The van der Waals surface area contributed by atoms with E-state index in [1.54, 1.807) is 0 Å². The normalized spacial score (nSPS) is 10.6. The lowest BCUT2D eigenvalue weighted by atomic mass is 10.1. The fourth-order valence-electron chi connectivity index (χ4n) is 1.85. The van der Waals surface area contributed by atoms with Crippen LogP contribution in [0.2, 0.25) is 0 Å². The van der Waals surface area contributed by atoms with Crippen LogP contribution >= 0.6 is 0 Å². The number of benzene rings is 1. The molecule has 4 nitrogen and oxygen atoms in total. The summed E-state index contributed by atoms with van der Waals surface area (Å²) in [5.41, 5.74) is 2.84. The van der Waals surface area contributed by atoms with Gasteiger partial charge in [0.1, 0.15) is 0 Å². The molecule has 0 spiro atoms. The highest BCUT2D eigenvalue weighted by atomic mass is 15.3. The van der Waals surface area contributed by atoms with Crippen LogP contribution in [0.5, 0.6) is 0 Å². The summed E-state index contributed by atoms with van der Waals surface area (Å²) in [5, 5.41) is 16.6. The molecule has 0 fully saturated rings. The first kappa shape index (κ1) is 13.3. The monoisotopic (exact) mass is 254 g/mol. The number of nitrogens with one attached hydrogen (secondary N) is 1. The number of hydrogen-bond acceptors (Lipinski definition) is 3. The Hall–Kier alpha value is -2.12. The molecule has 4 heteroatoms. The van der Waals surface area contributed by atoms with Gasteiger partial charge in [0.25, 0.3) is 0 Å². The van der Waals surface area contributed by atoms with Crippen molar-refractivity contribution in [1.82, 2.24) is 15.1 Å². The lowest BCUT2D eigenvalue weighted by molar-refractivity contribution is 0.521. The van der Waals surface area contributed by atoms with Crippen LogP contribution in [0.25, 0.3) is 0 Å². The molecule has 98 valence electrons. The second-order valence-electron chi connectivity index (χ2n) is 4.80. The smallest absolute Gasteiger partial charge is 0.0991 e. The molecule has 19 heavy (non-hydrogen) atoms. The van der Waals surface area contributed by atoms with Crippen molar-refractivity contribution in [1.29, 1.82) is 5.26 Å². The molecule has 2 aromatic rings. The molecular formula is C15H18N4. The Balaban J connectivity index is 1.87. The third-order valence-electron chi connectivity index (χ3n) is 2.88. The van der Waals surface area contributed by atoms with E-state index in [2.05, 4.69) is 30.3 Å². The van der Waals surface area contributed by atoms with Gasteiger partial charge in [0.15, 0.2) is 0 Å². The van der Waals surface area contributed by atoms with Crippen molar-refractivity contribution in [3.8, 4) is 6.07 Å². The summed E-state index contributed by atoms with van der Waals surface area (Å²) in [5.74, 6) is 0. The Morgan fingerprint density at radius 3 is 2.84 bits per heavy atom. The minimum atomic E-state index is 0.390. The average molecular weight is 254 g/mol. The summed E-state index contributed by atoms with van der Waals surface area (Å²) < 4.78 is 1.95. The van der Waals surface area contributed by atoms with Gasteiger partial charge >= 0.3 is 0 Å². The van der Waals surface area contributed by atoms with E-state index in [0.717, 1.165) is 24.3 Å². The van der Waals surface area contributed by atoms with Gasteiger partial charge < -0.3 is 5.32 Å². The molecule has 1 aromatic carbocycles. The van der Waals surface area contributed by atoms with Gasteiger partial charge in [0, 0.05) is 25.3 Å². The molecule has 2 rings (SSSR count). The van der Waals surface area contributed by atoms with Crippen LogP contribution in [0.15, 0.2) is 36.5 Å². The largest absolute Gasteiger partial charge is 0.307 e. The molecule has 0 aliphatic rings. The minimum Gasteiger partial charge on any atom is -0.307 e.